The summed E-state index contributed by atoms with van der Waals surface area (Å²) in [4.78, 5) is 34.1. The molecule has 2 atom stereocenters. The third-order valence-corrected chi connectivity index (χ3v) is 12.3. The van der Waals surface area contributed by atoms with Crippen LogP contribution in [0.3, 0.4) is 0 Å². The van der Waals surface area contributed by atoms with E-state index < -0.39 is 26.5 Å². The van der Waals surface area contributed by atoms with Gasteiger partial charge in [0.25, 0.3) is 0 Å². The lowest BCUT2D eigenvalue weighted by atomic mass is 10.0. The summed E-state index contributed by atoms with van der Waals surface area (Å²) in [5, 5.41) is 12.8. The first kappa shape index (κ1) is 64.2. The van der Waals surface area contributed by atoms with Crippen LogP contribution in [0.4, 0.5) is 0 Å². The average Bonchev–Trinajstić information content (AvgIpc) is 3.32. The van der Waals surface area contributed by atoms with Crippen molar-refractivity contribution in [3.63, 3.8) is 0 Å². The zero-order valence-electron chi connectivity index (χ0n) is 42.8. The van der Waals surface area contributed by atoms with E-state index in [4.69, 9.17) is 13.8 Å². The Balaban J connectivity index is 3.60. The van der Waals surface area contributed by atoms with Crippen LogP contribution in [0.25, 0.3) is 0 Å². The number of hydrogen-bond acceptors (Lipinski definition) is 7. The lowest BCUT2D eigenvalue weighted by Gasteiger charge is -2.15. The predicted molar refractivity (Wildman–Crippen MR) is 284 cm³/mol. The summed E-state index contributed by atoms with van der Waals surface area (Å²) < 4.78 is 27.0. The first-order chi connectivity index (χ1) is 32.8. The van der Waals surface area contributed by atoms with Crippen LogP contribution in [-0.2, 0) is 27.9 Å². The van der Waals surface area contributed by atoms with Gasteiger partial charge in [-0.15, -0.1) is 0 Å². The summed E-state index contributed by atoms with van der Waals surface area (Å²) in [5.41, 5.74) is 0. The van der Waals surface area contributed by atoms with Crippen LogP contribution in [-0.4, -0.2) is 54.3 Å². The number of ether oxygens (including phenoxy) is 1. The molecule has 0 heterocycles. The Morgan fingerprint density at radius 1 is 0.463 bits per heavy atom. The number of amides is 1. The standard InChI is InChI=1S/C57H100NO8P/c1-3-5-7-9-11-13-15-17-19-21-23-25-27-29-31-33-35-37-39-41-43-45-47-49-56(60)58-51-52-65-67(62,63)66-54-55(59)53-64-57(61)50-48-46-44-42-40-38-36-34-32-30-28-26-24-22-20-18-16-14-12-10-8-6-4-2/h11-14,17-20,23-26,30,32,55,59H,3-10,15-16,21-22,27-29,31,33-54H2,1-2H3,(H,58,60)(H,62,63)/b13-11-,14-12-,19-17-,20-18-,25-23-,26-24-,32-30-. The smallest absolute Gasteiger partial charge is 0.463 e. The topological polar surface area (TPSA) is 131 Å². The molecular formula is C57H100NO8P. The third-order valence-electron chi connectivity index (χ3n) is 11.3. The number of phosphoric acid groups is 1. The molecule has 0 aromatic heterocycles. The van der Waals surface area contributed by atoms with Gasteiger partial charge < -0.3 is 20.1 Å². The van der Waals surface area contributed by atoms with Gasteiger partial charge in [0.2, 0.25) is 5.91 Å². The molecule has 0 spiro atoms. The van der Waals surface area contributed by atoms with Crippen molar-refractivity contribution in [3.05, 3.63) is 85.1 Å². The second-order valence-electron chi connectivity index (χ2n) is 17.8. The van der Waals surface area contributed by atoms with Crippen LogP contribution in [0, 0.1) is 0 Å². The van der Waals surface area contributed by atoms with E-state index in [1.807, 2.05) is 0 Å². The van der Waals surface area contributed by atoms with Gasteiger partial charge in [-0.1, -0.05) is 208 Å². The van der Waals surface area contributed by atoms with Crippen molar-refractivity contribution >= 4 is 19.7 Å². The van der Waals surface area contributed by atoms with Gasteiger partial charge in [-0.3, -0.25) is 18.6 Å². The molecule has 0 aromatic carbocycles. The molecule has 386 valence electrons. The third kappa shape index (κ3) is 54.0. The monoisotopic (exact) mass is 958 g/mol. The second kappa shape index (κ2) is 52.6. The van der Waals surface area contributed by atoms with Crippen LogP contribution in [0.2, 0.25) is 0 Å². The molecule has 0 radical (unpaired) electrons. The summed E-state index contributed by atoms with van der Waals surface area (Å²) in [6.07, 6.45) is 68.0. The molecule has 0 aliphatic rings. The molecule has 67 heavy (non-hydrogen) atoms. The van der Waals surface area contributed by atoms with E-state index >= 15 is 0 Å². The van der Waals surface area contributed by atoms with Gasteiger partial charge >= 0.3 is 13.8 Å². The Bertz CT molecular complexity index is 1370. The Morgan fingerprint density at radius 3 is 1.21 bits per heavy atom. The summed E-state index contributed by atoms with van der Waals surface area (Å²) in [5.74, 6) is -0.532. The maximum Gasteiger partial charge on any atom is 0.472 e. The van der Waals surface area contributed by atoms with Gasteiger partial charge in [0.05, 0.1) is 13.2 Å². The van der Waals surface area contributed by atoms with Crippen molar-refractivity contribution in [1.82, 2.24) is 5.32 Å². The number of hydrogen-bond donors (Lipinski definition) is 3. The molecule has 0 saturated heterocycles. The minimum absolute atomic E-state index is 0.0741. The van der Waals surface area contributed by atoms with Crippen LogP contribution >= 0.6 is 7.82 Å². The van der Waals surface area contributed by atoms with Crippen molar-refractivity contribution in [1.29, 1.82) is 0 Å². The van der Waals surface area contributed by atoms with Crippen LogP contribution in [0.5, 0.6) is 0 Å². The Hall–Kier alpha value is -2.81. The van der Waals surface area contributed by atoms with Crippen molar-refractivity contribution in [2.45, 2.75) is 238 Å². The molecule has 3 N–H and O–H groups in total. The summed E-state index contributed by atoms with van der Waals surface area (Å²) >= 11 is 0. The number of carbonyl (C=O) groups is 2. The number of esters is 1. The molecule has 0 fully saturated rings. The molecule has 10 heteroatoms. The molecule has 0 bridgehead atoms. The quantitative estimate of drug-likeness (QED) is 0.0238. The molecule has 0 aliphatic carbocycles. The highest BCUT2D eigenvalue weighted by molar-refractivity contribution is 7.47. The van der Waals surface area contributed by atoms with Crippen LogP contribution < -0.4 is 5.32 Å². The number of carbonyl (C=O) groups excluding carboxylic acids is 2. The van der Waals surface area contributed by atoms with Gasteiger partial charge in [0.15, 0.2) is 0 Å². The van der Waals surface area contributed by atoms with E-state index in [1.54, 1.807) is 0 Å². The molecule has 0 aliphatic heterocycles. The molecule has 9 nitrogen and oxygen atoms in total. The Kier molecular flexibility index (Phi) is 50.4. The number of aliphatic hydroxyl groups is 1. The number of allylic oxidation sites excluding steroid dienone is 14. The maximum absolute atomic E-state index is 12.2. The van der Waals surface area contributed by atoms with E-state index in [2.05, 4.69) is 104 Å². The minimum atomic E-state index is -4.43. The van der Waals surface area contributed by atoms with Crippen molar-refractivity contribution in [2.75, 3.05) is 26.4 Å². The van der Waals surface area contributed by atoms with Crippen molar-refractivity contribution in [3.8, 4) is 0 Å². The second-order valence-corrected chi connectivity index (χ2v) is 19.3. The fourth-order valence-corrected chi connectivity index (χ4v) is 7.95. The van der Waals surface area contributed by atoms with E-state index in [9.17, 15) is 24.2 Å². The average molecular weight is 958 g/mol. The summed E-state index contributed by atoms with van der Waals surface area (Å²) in [6, 6.07) is 0. The fraction of sp³-hybridized carbons (Fsp3) is 0.719. The first-order valence-electron chi connectivity index (χ1n) is 27.1. The summed E-state index contributed by atoms with van der Waals surface area (Å²) in [7, 11) is -4.43. The van der Waals surface area contributed by atoms with E-state index in [1.165, 1.54) is 122 Å². The minimum Gasteiger partial charge on any atom is -0.463 e. The molecule has 0 rings (SSSR count). The maximum atomic E-state index is 12.2. The lowest BCUT2D eigenvalue weighted by Crippen LogP contribution is -2.27. The highest BCUT2D eigenvalue weighted by atomic mass is 31.2. The van der Waals surface area contributed by atoms with Crippen LogP contribution in [0.15, 0.2) is 85.1 Å². The zero-order valence-corrected chi connectivity index (χ0v) is 43.7. The predicted octanol–water partition coefficient (Wildman–Crippen LogP) is 16.3. The number of unbranched alkanes of at least 4 members (excludes halogenated alkanes) is 23. The normalized spacial score (nSPS) is 13.8. The molecular weight excluding hydrogens is 858 g/mol. The van der Waals surface area contributed by atoms with Gasteiger partial charge in [-0.25, -0.2) is 4.57 Å². The molecule has 1 amide bonds. The SMILES string of the molecule is CCCCC/C=C\C/C=C\C/C=C\C/C=C\CCCCCCCCCC(=O)OCC(O)COP(=O)(O)OCCNC(=O)CCCCCCCCCCCC/C=C\C/C=C\C/C=C\CCCCC. The number of nitrogens with one attached hydrogen (secondary N) is 1. The number of rotatable bonds is 50. The number of aliphatic hydroxyl groups excluding tert-OH is 1. The van der Waals surface area contributed by atoms with Crippen molar-refractivity contribution in [2.24, 2.45) is 0 Å². The molecule has 0 aromatic rings. The van der Waals surface area contributed by atoms with Crippen molar-refractivity contribution < 1.29 is 37.9 Å². The summed E-state index contributed by atoms with van der Waals surface area (Å²) in [6.45, 7) is 3.49. The molecule has 0 saturated carbocycles. The van der Waals surface area contributed by atoms with E-state index in [0.717, 1.165) is 83.5 Å². The van der Waals surface area contributed by atoms with E-state index in [-0.39, 0.29) is 32.1 Å². The van der Waals surface area contributed by atoms with E-state index in [0.29, 0.717) is 6.42 Å². The number of phosphoric ester groups is 1. The van der Waals surface area contributed by atoms with Gasteiger partial charge in [0, 0.05) is 19.4 Å². The highest BCUT2D eigenvalue weighted by Gasteiger charge is 2.23. The Morgan fingerprint density at radius 2 is 0.806 bits per heavy atom. The Labute approximate surface area is 411 Å². The van der Waals surface area contributed by atoms with Gasteiger partial charge in [0.1, 0.15) is 12.7 Å². The van der Waals surface area contributed by atoms with Gasteiger partial charge in [-0.2, -0.15) is 0 Å². The van der Waals surface area contributed by atoms with Crippen LogP contribution in [0.1, 0.15) is 232 Å². The lowest BCUT2D eigenvalue weighted by molar-refractivity contribution is -0.147. The highest BCUT2D eigenvalue weighted by Crippen LogP contribution is 2.42. The fourth-order valence-electron chi connectivity index (χ4n) is 7.19. The first-order valence-corrected chi connectivity index (χ1v) is 28.6. The zero-order chi connectivity index (χ0) is 48.8. The molecule has 2 unspecified atom stereocenters. The van der Waals surface area contributed by atoms with Gasteiger partial charge in [-0.05, 0) is 96.3 Å². The largest absolute Gasteiger partial charge is 0.472 e.